The van der Waals surface area contributed by atoms with E-state index in [1.165, 1.54) is 24.3 Å². The molecule has 1 fully saturated rings. The first kappa shape index (κ1) is 14.7. The highest BCUT2D eigenvalue weighted by molar-refractivity contribution is 5.97. The fraction of sp³-hybridized carbons (Fsp3) is 0.467. The molecule has 1 atom stereocenters. The van der Waals surface area contributed by atoms with Crippen LogP contribution in [0.3, 0.4) is 0 Å². The molecule has 0 spiro atoms. The molecule has 1 aliphatic rings. The fourth-order valence-electron chi connectivity index (χ4n) is 2.15. The molecule has 0 heterocycles. The second-order valence-electron chi connectivity index (χ2n) is 5.18. The van der Waals surface area contributed by atoms with Gasteiger partial charge in [0.1, 0.15) is 5.82 Å². The summed E-state index contributed by atoms with van der Waals surface area (Å²) in [5.41, 5.74) is 6.03. The van der Waals surface area contributed by atoms with E-state index in [4.69, 9.17) is 5.73 Å². The number of benzene rings is 1. The standard InChI is InChI=1S/C15H19FN2O2/c16-12-5-3-11(4-6-12)14(19)7-8-15(20)18-13(9-17)10-1-2-10/h3-6,10,13H,1-2,7-9,17H2,(H,18,20). The molecule has 0 bridgehead atoms. The number of ketones is 1. The van der Waals surface area contributed by atoms with Crippen LogP contribution in [0.1, 0.15) is 36.0 Å². The van der Waals surface area contributed by atoms with E-state index >= 15 is 0 Å². The summed E-state index contributed by atoms with van der Waals surface area (Å²) in [5.74, 6) is -0.190. The number of Topliss-reactive ketones (excluding diaryl/α,β-unsaturated/α-hetero) is 1. The minimum atomic E-state index is -0.380. The Kier molecular flexibility index (Phi) is 4.84. The highest BCUT2D eigenvalue weighted by atomic mass is 19.1. The molecule has 108 valence electrons. The second kappa shape index (κ2) is 6.61. The lowest BCUT2D eigenvalue weighted by Crippen LogP contribution is -2.41. The van der Waals surface area contributed by atoms with Crippen LogP contribution in [0.5, 0.6) is 0 Å². The third-order valence-electron chi connectivity index (χ3n) is 3.54. The smallest absolute Gasteiger partial charge is 0.220 e. The topological polar surface area (TPSA) is 72.2 Å². The van der Waals surface area contributed by atoms with Crippen LogP contribution < -0.4 is 11.1 Å². The monoisotopic (exact) mass is 278 g/mol. The van der Waals surface area contributed by atoms with Gasteiger partial charge in [0, 0.05) is 31.0 Å². The molecule has 0 radical (unpaired) electrons. The van der Waals surface area contributed by atoms with E-state index in [1.54, 1.807) is 0 Å². The number of nitrogens with one attached hydrogen (secondary N) is 1. The van der Waals surface area contributed by atoms with Gasteiger partial charge in [-0.2, -0.15) is 0 Å². The molecule has 0 aromatic heterocycles. The van der Waals surface area contributed by atoms with Crippen molar-refractivity contribution in [3.63, 3.8) is 0 Å². The van der Waals surface area contributed by atoms with Gasteiger partial charge in [-0.3, -0.25) is 9.59 Å². The van der Waals surface area contributed by atoms with Gasteiger partial charge < -0.3 is 11.1 Å². The van der Waals surface area contributed by atoms with Crippen LogP contribution in [0.2, 0.25) is 0 Å². The number of carbonyl (C=O) groups excluding carboxylic acids is 2. The molecule has 5 heteroatoms. The van der Waals surface area contributed by atoms with Gasteiger partial charge >= 0.3 is 0 Å². The van der Waals surface area contributed by atoms with Gasteiger partial charge in [0.05, 0.1) is 0 Å². The van der Waals surface area contributed by atoms with Crippen LogP contribution in [0.25, 0.3) is 0 Å². The van der Waals surface area contributed by atoms with Crippen LogP contribution in [-0.2, 0) is 4.79 Å². The van der Waals surface area contributed by atoms with Crippen LogP contribution in [0.15, 0.2) is 24.3 Å². The summed E-state index contributed by atoms with van der Waals surface area (Å²) in [4.78, 5) is 23.6. The van der Waals surface area contributed by atoms with E-state index in [-0.39, 0.29) is 36.4 Å². The molecule has 0 saturated heterocycles. The van der Waals surface area contributed by atoms with E-state index in [0.29, 0.717) is 18.0 Å². The summed E-state index contributed by atoms with van der Waals surface area (Å²) in [7, 11) is 0. The average molecular weight is 278 g/mol. The largest absolute Gasteiger partial charge is 0.352 e. The zero-order valence-corrected chi connectivity index (χ0v) is 11.3. The Bertz CT molecular complexity index is 483. The number of hydrogen-bond acceptors (Lipinski definition) is 3. The number of carbonyl (C=O) groups is 2. The summed E-state index contributed by atoms with van der Waals surface area (Å²) >= 11 is 0. The van der Waals surface area contributed by atoms with Gasteiger partial charge in [0.25, 0.3) is 0 Å². The number of amides is 1. The molecule has 1 aliphatic carbocycles. The van der Waals surface area contributed by atoms with Crippen molar-refractivity contribution in [1.29, 1.82) is 0 Å². The number of rotatable bonds is 7. The van der Waals surface area contributed by atoms with E-state index in [0.717, 1.165) is 12.8 Å². The predicted octanol–water partition coefficient (Wildman–Crippen LogP) is 1.64. The highest BCUT2D eigenvalue weighted by Gasteiger charge is 2.31. The third kappa shape index (κ3) is 4.13. The number of halogens is 1. The summed E-state index contributed by atoms with van der Waals surface area (Å²) in [6.07, 6.45) is 2.48. The molecule has 4 nitrogen and oxygen atoms in total. The predicted molar refractivity (Wildman–Crippen MR) is 73.7 cm³/mol. The van der Waals surface area contributed by atoms with Crippen molar-refractivity contribution in [2.24, 2.45) is 11.7 Å². The van der Waals surface area contributed by atoms with Crippen LogP contribution in [-0.4, -0.2) is 24.3 Å². The summed E-state index contributed by atoms with van der Waals surface area (Å²) < 4.78 is 12.7. The van der Waals surface area contributed by atoms with Crippen molar-refractivity contribution in [3.05, 3.63) is 35.6 Å². The molecule has 1 unspecified atom stereocenters. The van der Waals surface area contributed by atoms with Crippen molar-refractivity contribution < 1.29 is 14.0 Å². The molecule has 1 aromatic carbocycles. The zero-order valence-electron chi connectivity index (χ0n) is 11.3. The second-order valence-corrected chi connectivity index (χ2v) is 5.18. The van der Waals surface area contributed by atoms with Crippen LogP contribution in [0, 0.1) is 11.7 Å². The molecular formula is C15H19FN2O2. The lowest BCUT2D eigenvalue weighted by Gasteiger charge is -2.15. The normalized spacial score (nSPS) is 15.7. The quantitative estimate of drug-likeness (QED) is 0.745. The highest BCUT2D eigenvalue weighted by Crippen LogP contribution is 2.32. The molecule has 0 aliphatic heterocycles. The molecule has 1 saturated carbocycles. The van der Waals surface area contributed by atoms with Gasteiger partial charge in [0.15, 0.2) is 5.78 Å². The van der Waals surface area contributed by atoms with Gasteiger partial charge in [-0.15, -0.1) is 0 Å². The number of nitrogens with two attached hydrogens (primary N) is 1. The van der Waals surface area contributed by atoms with E-state index < -0.39 is 0 Å². The molecule has 2 rings (SSSR count). The Balaban J connectivity index is 1.77. The van der Waals surface area contributed by atoms with Crippen LogP contribution in [0.4, 0.5) is 4.39 Å². The van der Waals surface area contributed by atoms with E-state index in [9.17, 15) is 14.0 Å². The van der Waals surface area contributed by atoms with Gasteiger partial charge in [-0.1, -0.05) is 0 Å². The van der Waals surface area contributed by atoms with Crippen molar-refractivity contribution in [1.82, 2.24) is 5.32 Å². The number of hydrogen-bond donors (Lipinski definition) is 2. The lowest BCUT2D eigenvalue weighted by atomic mass is 10.1. The van der Waals surface area contributed by atoms with Crippen LogP contribution >= 0.6 is 0 Å². The first-order valence-electron chi connectivity index (χ1n) is 6.88. The van der Waals surface area contributed by atoms with E-state index in [2.05, 4.69) is 5.32 Å². The Hall–Kier alpha value is -1.75. The third-order valence-corrected chi connectivity index (χ3v) is 3.54. The van der Waals surface area contributed by atoms with Crippen molar-refractivity contribution in [2.45, 2.75) is 31.7 Å². The first-order valence-corrected chi connectivity index (χ1v) is 6.88. The summed E-state index contributed by atoms with van der Waals surface area (Å²) in [6.45, 7) is 0.433. The molecule has 1 aromatic rings. The van der Waals surface area contributed by atoms with Gasteiger partial charge in [-0.25, -0.2) is 4.39 Å². The average Bonchev–Trinajstić information content (AvgIpc) is 3.27. The summed E-state index contributed by atoms with van der Waals surface area (Å²) in [6, 6.07) is 5.38. The van der Waals surface area contributed by atoms with Crippen molar-refractivity contribution in [2.75, 3.05) is 6.54 Å². The van der Waals surface area contributed by atoms with Gasteiger partial charge in [0.2, 0.25) is 5.91 Å². The maximum absolute atomic E-state index is 12.7. The van der Waals surface area contributed by atoms with E-state index in [1.807, 2.05) is 0 Å². The zero-order chi connectivity index (χ0) is 14.5. The minimum Gasteiger partial charge on any atom is -0.352 e. The molecular weight excluding hydrogens is 259 g/mol. The van der Waals surface area contributed by atoms with Crippen molar-refractivity contribution >= 4 is 11.7 Å². The Morgan fingerprint density at radius 3 is 2.45 bits per heavy atom. The minimum absolute atomic E-state index is 0.0309. The molecule has 20 heavy (non-hydrogen) atoms. The fourth-order valence-corrected chi connectivity index (χ4v) is 2.15. The SMILES string of the molecule is NCC(NC(=O)CCC(=O)c1ccc(F)cc1)C1CC1. The summed E-state index contributed by atoms with van der Waals surface area (Å²) in [5, 5.41) is 2.87. The molecule has 1 amide bonds. The maximum Gasteiger partial charge on any atom is 0.220 e. The Labute approximate surface area is 117 Å². The molecule has 3 N–H and O–H groups in total. The van der Waals surface area contributed by atoms with Crippen molar-refractivity contribution in [3.8, 4) is 0 Å². The lowest BCUT2D eigenvalue weighted by molar-refractivity contribution is -0.121. The first-order chi connectivity index (χ1) is 9.60. The Morgan fingerprint density at radius 1 is 1.25 bits per heavy atom. The Morgan fingerprint density at radius 2 is 1.90 bits per heavy atom. The van der Waals surface area contributed by atoms with Gasteiger partial charge in [-0.05, 0) is 43.0 Å². The maximum atomic E-state index is 12.7.